The summed E-state index contributed by atoms with van der Waals surface area (Å²) >= 11 is 6.13. The first-order valence-corrected chi connectivity index (χ1v) is 12.2. The van der Waals surface area contributed by atoms with Crippen LogP contribution in [-0.2, 0) is 16.0 Å². The summed E-state index contributed by atoms with van der Waals surface area (Å²) in [5.41, 5.74) is 1.93. The largest absolute Gasteiger partial charge is 0.496 e. The summed E-state index contributed by atoms with van der Waals surface area (Å²) in [5, 5.41) is 16.4. The van der Waals surface area contributed by atoms with E-state index in [1.54, 1.807) is 31.4 Å². The molecule has 186 valence electrons. The van der Waals surface area contributed by atoms with Crippen molar-refractivity contribution in [1.29, 1.82) is 5.26 Å². The molecule has 0 aliphatic carbocycles. The van der Waals surface area contributed by atoms with E-state index in [0.29, 0.717) is 29.4 Å². The molecule has 0 spiro atoms. The number of ether oxygens (including phenoxy) is 1. The second-order valence-electron chi connectivity index (χ2n) is 8.97. The third-order valence-corrected chi connectivity index (χ3v) is 6.71. The molecule has 1 aliphatic rings. The van der Waals surface area contributed by atoms with Crippen molar-refractivity contribution in [2.45, 2.75) is 31.7 Å². The summed E-state index contributed by atoms with van der Waals surface area (Å²) in [6, 6.07) is 15.6. The summed E-state index contributed by atoms with van der Waals surface area (Å²) in [6.07, 6.45) is 1.05. The van der Waals surface area contributed by atoms with Gasteiger partial charge in [-0.05, 0) is 55.2 Å². The van der Waals surface area contributed by atoms with Gasteiger partial charge >= 0.3 is 0 Å². The lowest BCUT2D eigenvalue weighted by molar-refractivity contribution is -0.126. The molecule has 1 aromatic heterocycles. The van der Waals surface area contributed by atoms with Crippen molar-refractivity contribution in [3.05, 3.63) is 64.8 Å². The van der Waals surface area contributed by atoms with Gasteiger partial charge in [-0.25, -0.2) is 0 Å². The number of nitrogens with zero attached hydrogens (tertiary/aromatic N) is 1. The zero-order chi connectivity index (χ0) is 25.7. The molecule has 3 atom stereocenters. The maximum atomic E-state index is 13.3. The lowest BCUT2D eigenvalue weighted by atomic mass is 9.91. The fraction of sp³-hybridized carbons (Fsp3) is 0.333. The van der Waals surface area contributed by atoms with Crippen molar-refractivity contribution < 1.29 is 19.1 Å². The number of methoxy groups -OCH3 is 1. The molecule has 1 aliphatic heterocycles. The summed E-state index contributed by atoms with van der Waals surface area (Å²) in [7, 11) is 1.56. The maximum absolute atomic E-state index is 13.3. The van der Waals surface area contributed by atoms with Crippen LogP contribution in [0.4, 0.5) is 0 Å². The number of nitrogens with one attached hydrogen (secondary N) is 3. The van der Waals surface area contributed by atoms with E-state index in [1.165, 1.54) is 0 Å². The van der Waals surface area contributed by atoms with E-state index in [4.69, 9.17) is 16.3 Å². The highest BCUT2D eigenvalue weighted by Crippen LogP contribution is 2.27. The van der Waals surface area contributed by atoms with Crippen LogP contribution in [0, 0.1) is 23.2 Å². The molecular weight excluding hydrogens is 480 g/mol. The van der Waals surface area contributed by atoms with Crippen molar-refractivity contribution in [3.8, 4) is 11.8 Å². The van der Waals surface area contributed by atoms with E-state index in [-0.39, 0.29) is 36.9 Å². The number of benzene rings is 2. The van der Waals surface area contributed by atoms with Crippen LogP contribution >= 0.6 is 11.6 Å². The molecule has 4 rings (SSSR count). The molecular formula is C27H27ClN4O4. The third kappa shape index (κ3) is 5.86. The highest BCUT2D eigenvalue weighted by Gasteiger charge is 2.30. The van der Waals surface area contributed by atoms with Crippen LogP contribution in [0.25, 0.3) is 10.9 Å². The molecule has 0 radical (unpaired) electrons. The van der Waals surface area contributed by atoms with Crippen LogP contribution in [0.2, 0.25) is 5.02 Å². The molecule has 36 heavy (non-hydrogen) atoms. The number of fused-ring (bicyclic) bond motifs is 1. The standard InChI is InChI=1S/C27H27ClN4O4/c1-36-25-7-3-6-22-21(25)14-23(32-22)24(33)13-18(10-16-4-2-5-19(28)11-16)27(35)31-20(15-29)12-17-8-9-30-26(17)34/h2-7,11,14,17-18,20,32H,8-10,12-13H2,1H3,(H,30,34)(H,31,35). The maximum Gasteiger partial charge on any atom is 0.224 e. The topological polar surface area (TPSA) is 124 Å². The van der Waals surface area contributed by atoms with Gasteiger partial charge in [-0.15, -0.1) is 0 Å². The van der Waals surface area contributed by atoms with Crippen molar-refractivity contribution in [3.63, 3.8) is 0 Å². The number of carbonyl (C=O) groups is 3. The van der Waals surface area contributed by atoms with Crippen molar-refractivity contribution >= 4 is 40.1 Å². The fourth-order valence-electron chi connectivity index (χ4n) is 4.58. The number of hydrogen-bond donors (Lipinski definition) is 3. The Morgan fingerprint density at radius 1 is 1.25 bits per heavy atom. The van der Waals surface area contributed by atoms with Crippen molar-refractivity contribution in [2.75, 3.05) is 13.7 Å². The Morgan fingerprint density at radius 2 is 2.06 bits per heavy atom. The van der Waals surface area contributed by atoms with Gasteiger partial charge in [-0.2, -0.15) is 5.26 Å². The number of amides is 2. The van der Waals surface area contributed by atoms with Crippen LogP contribution in [0.5, 0.6) is 5.75 Å². The molecule has 8 nitrogen and oxygen atoms in total. The monoisotopic (exact) mass is 506 g/mol. The lowest BCUT2D eigenvalue weighted by Crippen LogP contribution is -2.41. The number of carbonyl (C=O) groups excluding carboxylic acids is 3. The van der Waals surface area contributed by atoms with E-state index in [1.807, 2.05) is 24.3 Å². The Kier molecular flexibility index (Phi) is 7.91. The van der Waals surface area contributed by atoms with Gasteiger partial charge in [-0.3, -0.25) is 14.4 Å². The van der Waals surface area contributed by atoms with E-state index in [2.05, 4.69) is 21.7 Å². The van der Waals surface area contributed by atoms with Gasteiger partial charge in [0, 0.05) is 40.7 Å². The summed E-state index contributed by atoms with van der Waals surface area (Å²) in [6.45, 7) is 0.566. The molecule has 0 saturated carbocycles. The second-order valence-corrected chi connectivity index (χ2v) is 9.40. The molecule has 3 unspecified atom stereocenters. The van der Waals surface area contributed by atoms with Crippen LogP contribution in [0.1, 0.15) is 35.3 Å². The molecule has 2 heterocycles. The first kappa shape index (κ1) is 25.3. The molecule has 3 aromatic rings. The molecule has 3 N–H and O–H groups in total. The summed E-state index contributed by atoms with van der Waals surface area (Å²) < 4.78 is 5.38. The minimum absolute atomic E-state index is 0.0739. The van der Waals surface area contributed by atoms with Gasteiger partial charge in [0.25, 0.3) is 0 Å². The average Bonchev–Trinajstić information content (AvgIpc) is 3.49. The molecule has 9 heteroatoms. The minimum atomic E-state index is -0.833. The number of rotatable bonds is 10. The second kappa shape index (κ2) is 11.3. The van der Waals surface area contributed by atoms with E-state index in [9.17, 15) is 19.6 Å². The van der Waals surface area contributed by atoms with E-state index < -0.39 is 17.9 Å². The Bertz CT molecular complexity index is 1330. The number of hydrogen-bond acceptors (Lipinski definition) is 5. The summed E-state index contributed by atoms with van der Waals surface area (Å²) in [4.78, 5) is 41.6. The van der Waals surface area contributed by atoms with Crippen LogP contribution < -0.4 is 15.4 Å². The number of H-pyrrole nitrogens is 1. The number of nitriles is 1. The van der Waals surface area contributed by atoms with Crippen molar-refractivity contribution in [1.82, 2.24) is 15.6 Å². The van der Waals surface area contributed by atoms with Gasteiger partial charge in [0.1, 0.15) is 11.8 Å². The Hall–Kier alpha value is -3.83. The predicted octanol–water partition coefficient (Wildman–Crippen LogP) is 3.80. The van der Waals surface area contributed by atoms with Crippen LogP contribution in [0.15, 0.2) is 48.5 Å². The summed E-state index contributed by atoms with van der Waals surface area (Å²) in [5.74, 6) is -1.17. The highest BCUT2D eigenvalue weighted by atomic mass is 35.5. The Labute approximate surface area is 214 Å². The molecule has 2 aromatic carbocycles. The van der Waals surface area contributed by atoms with Crippen molar-refractivity contribution in [2.24, 2.45) is 11.8 Å². The average molecular weight is 507 g/mol. The van der Waals surface area contributed by atoms with Gasteiger partial charge in [-0.1, -0.05) is 29.8 Å². The zero-order valence-electron chi connectivity index (χ0n) is 19.8. The molecule has 2 amide bonds. The molecule has 1 fully saturated rings. The zero-order valence-corrected chi connectivity index (χ0v) is 20.6. The normalized spacial score (nSPS) is 16.7. The SMILES string of the molecule is COc1cccc2[nH]c(C(=O)CC(Cc3cccc(Cl)c3)C(=O)NC(C#N)CC3CCNC3=O)cc12. The van der Waals surface area contributed by atoms with Gasteiger partial charge in [0.2, 0.25) is 11.8 Å². The molecule has 1 saturated heterocycles. The first-order valence-electron chi connectivity index (χ1n) is 11.8. The van der Waals surface area contributed by atoms with Gasteiger partial charge < -0.3 is 20.4 Å². The Morgan fingerprint density at radius 3 is 2.75 bits per heavy atom. The number of halogens is 1. The molecule has 0 bridgehead atoms. The Balaban J connectivity index is 1.54. The van der Waals surface area contributed by atoms with E-state index in [0.717, 1.165) is 16.5 Å². The smallest absolute Gasteiger partial charge is 0.224 e. The number of aromatic amines is 1. The van der Waals surface area contributed by atoms with Gasteiger partial charge in [0.15, 0.2) is 5.78 Å². The van der Waals surface area contributed by atoms with Gasteiger partial charge in [0.05, 0.1) is 18.9 Å². The lowest BCUT2D eigenvalue weighted by Gasteiger charge is -2.20. The first-order chi connectivity index (χ1) is 17.4. The minimum Gasteiger partial charge on any atom is -0.496 e. The number of Topliss-reactive ketones (excluding diaryl/α,β-unsaturated/α-hetero) is 1. The predicted molar refractivity (Wildman–Crippen MR) is 136 cm³/mol. The van der Waals surface area contributed by atoms with Crippen LogP contribution in [0.3, 0.4) is 0 Å². The highest BCUT2D eigenvalue weighted by molar-refractivity contribution is 6.30. The van der Waals surface area contributed by atoms with E-state index >= 15 is 0 Å². The number of ketones is 1. The number of aromatic nitrogens is 1. The van der Waals surface area contributed by atoms with Crippen LogP contribution in [-0.4, -0.2) is 42.3 Å². The quantitative estimate of drug-likeness (QED) is 0.361. The third-order valence-electron chi connectivity index (χ3n) is 6.47. The fourth-order valence-corrected chi connectivity index (χ4v) is 4.80.